The molecule has 1 fully saturated rings. The standard InChI is InChI=1S/C14H14N2O2/c17-14(18)13(11-6-7-11)16-9-12(8-15-16)10-4-2-1-3-5-10/h1-5,8-9,11,13H,6-7H2,(H,17,18). The highest BCUT2D eigenvalue weighted by Gasteiger charge is 2.38. The van der Waals surface area contributed by atoms with Crippen LogP contribution in [0.1, 0.15) is 18.9 Å². The van der Waals surface area contributed by atoms with Crippen molar-refractivity contribution in [3.63, 3.8) is 0 Å². The lowest BCUT2D eigenvalue weighted by atomic mass is 10.1. The molecule has 1 aliphatic carbocycles. The van der Waals surface area contributed by atoms with Gasteiger partial charge in [-0.05, 0) is 24.3 Å². The number of aliphatic carboxylic acids is 1. The van der Waals surface area contributed by atoms with E-state index in [-0.39, 0.29) is 5.92 Å². The van der Waals surface area contributed by atoms with Gasteiger partial charge < -0.3 is 5.11 Å². The number of carboxylic acid groups (broad SMARTS) is 1. The van der Waals surface area contributed by atoms with Gasteiger partial charge in [-0.25, -0.2) is 4.79 Å². The van der Waals surface area contributed by atoms with Gasteiger partial charge in [-0.15, -0.1) is 0 Å². The molecule has 1 aromatic carbocycles. The van der Waals surface area contributed by atoms with Crippen molar-refractivity contribution in [1.29, 1.82) is 0 Å². The van der Waals surface area contributed by atoms with E-state index in [1.165, 1.54) is 0 Å². The SMILES string of the molecule is O=C(O)C(C1CC1)n1cc(-c2ccccc2)cn1. The van der Waals surface area contributed by atoms with Gasteiger partial charge in [0.1, 0.15) is 0 Å². The van der Waals surface area contributed by atoms with Crippen LogP contribution < -0.4 is 0 Å². The lowest BCUT2D eigenvalue weighted by molar-refractivity contribution is -0.141. The highest BCUT2D eigenvalue weighted by molar-refractivity contribution is 5.73. The molecule has 0 spiro atoms. The fourth-order valence-electron chi connectivity index (χ4n) is 2.21. The van der Waals surface area contributed by atoms with E-state index in [1.54, 1.807) is 10.9 Å². The molecule has 1 aromatic heterocycles. The molecule has 0 aliphatic heterocycles. The second kappa shape index (κ2) is 4.29. The van der Waals surface area contributed by atoms with Crippen LogP contribution in [0, 0.1) is 5.92 Å². The predicted octanol–water partition coefficient (Wildman–Crippen LogP) is 2.59. The van der Waals surface area contributed by atoms with Gasteiger partial charge in [0.05, 0.1) is 6.20 Å². The first kappa shape index (κ1) is 11.0. The van der Waals surface area contributed by atoms with Crippen molar-refractivity contribution in [2.45, 2.75) is 18.9 Å². The molecule has 1 saturated carbocycles. The number of aromatic nitrogens is 2. The third-order valence-corrected chi connectivity index (χ3v) is 3.32. The van der Waals surface area contributed by atoms with Gasteiger partial charge in [0.2, 0.25) is 0 Å². The van der Waals surface area contributed by atoms with E-state index in [1.807, 2.05) is 36.5 Å². The minimum atomic E-state index is -0.791. The molecule has 1 atom stereocenters. The molecule has 3 rings (SSSR count). The van der Waals surface area contributed by atoms with E-state index in [4.69, 9.17) is 0 Å². The van der Waals surface area contributed by atoms with Crippen molar-refractivity contribution in [3.05, 3.63) is 42.7 Å². The van der Waals surface area contributed by atoms with Crippen molar-refractivity contribution in [2.24, 2.45) is 5.92 Å². The fourth-order valence-corrected chi connectivity index (χ4v) is 2.21. The monoisotopic (exact) mass is 242 g/mol. The van der Waals surface area contributed by atoms with E-state index < -0.39 is 12.0 Å². The molecular formula is C14H14N2O2. The van der Waals surface area contributed by atoms with Gasteiger partial charge in [0.25, 0.3) is 0 Å². The average Bonchev–Trinajstić information content (AvgIpc) is 3.07. The van der Waals surface area contributed by atoms with Crippen molar-refractivity contribution in [2.75, 3.05) is 0 Å². The van der Waals surface area contributed by atoms with Crippen molar-refractivity contribution < 1.29 is 9.90 Å². The van der Waals surface area contributed by atoms with Crippen LogP contribution in [-0.2, 0) is 4.79 Å². The Morgan fingerprint density at radius 1 is 1.28 bits per heavy atom. The number of carbonyl (C=O) groups is 1. The number of nitrogens with zero attached hydrogens (tertiary/aromatic N) is 2. The molecule has 0 amide bonds. The van der Waals surface area contributed by atoms with E-state index in [9.17, 15) is 9.90 Å². The van der Waals surface area contributed by atoms with E-state index in [0.717, 1.165) is 24.0 Å². The van der Waals surface area contributed by atoms with Gasteiger partial charge in [-0.1, -0.05) is 30.3 Å². The van der Waals surface area contributed by atoms with Gasteiger partial charge in [-0.2, -0.15) is 5.10 Å². The topological polar surface area (TPSA) is 55.1 Å². The molecule has 1 aliphatic rings. The zero-order valence-electron chi connectivity index (χ0n) is 9.86. The molecule has 1 heterocycles. The zero-order chi connectivity index (χ0) is 12.5. The molecule has 4 nitrogen and oxygen atoms in total. The predicted molar refractivity (Wildman–Crippen MR) is 67.1 cm³/mol. The van der Waals surface area contributed by atoms with Crippen LogP contribution in [0.15, 0.2) is 42.7 Å². The Kier molecular flexibility index (Phi) is 2.63. The third-order valence-electron chi connectivity index (χ3n) is 3.32. The summed E-state index contributed by atoms with van der Waals surface area (Å²) in [5.74, 6) is -0.550. The molecule has 18 heavy (non-hydrogen) atoms. The summed E-state index contributed by atoms with van der Waals surface area (Å²) < 4.78 is 1.59. The van der Waals surface area contributed by atoms with E-state index in [0.29, 0.717) is 0 Å². The van der Waals surface area contributed by atoms with Crippen LogP contribution in [0.4, 0.5) is 0 Å². The molecule has 4 heteroatoms. The van der Waals surface area contributed by atoms with Crippen LogP contribution in [0.3, 0.4) is 0 Å². The Morgan fingerprint density at radius 2 is 2.00 bits per heavy atom. The number of hydrogen-bond acceptors (Lipinski definition) is 2. The smallest absolute Gasteiger partial charge is 0.328 e. The molecule has 0 saturated heterocycles. The largest absolute Gasteiger partial charge is 0.480 e. The second-order valence-electron chi connectivity index (χ2n) is 4.70. The zero-order valence-corrected chi connectivity index (χ0v) is 9.86. The first-order valence-electron chi connectivity index (χ1n) is 6.08. The van der Waals surface area contributed by atoms with Gasteiger partial charge >= 0.3 is 5.97 Å². The molecule has 0 radical (unpaired) electrons. The molecule has 1 unspecified atom stereocenters. The Bertz CT molecular complexity index is 558. The maximum atomic E-state index is 11.3. The minimum absolute atomic E-state index is 0.242. The summed E-state index contributed by atoms with van der Waals surface area (Å²) in [7, 11) is 0. The van der Waals surface area contributed by atoms with Gasteiger partial charge in [-0.3, -0.25) is 4.68 Å². The average molecular weight is 242 g/mol. The lowest BCUT2D eigenvalue weighted by Gasteiger charge is -2.10. The summed E-state index contributed by atoms with van der Waals surface area (Å²) in [6, 6.07) is 9.35. The maximum absolute atomic E-state index is 11.3. The summed E-state index contributed by atoms with van der Waals surface area (Å²) in [4.78, 5) is 11.3. The number of benzene rings is 1. The van der Waals surface area contributed by atoms with Gasteiger partial charge in [0, 0.05) is 11.8 Å². The third kappa shape index (κ3) is 2.01. The molecule has 2 aromatic rings. The first-order valence-corrected chi connectivity index (χ1v) is 6.08. The lowest BCUT2D eigenvalue weighted by Crippen LogP contribution is -2.21. The molecular weight excluding hydrogens is 228 g/mol. The first-order chi connectivity index (χ1) is 8.75. The van der Waals surface area contributed by atoms with Crippen molar-refractivity contribution in [1.82, 2.24) is 9.78 Å². The Morgan fingerprint density at radius 3 is 2.61 bits per heavy atom. The number of carboxylic acids is 1. The van der Waals surface area contributed by atoms with Crippen LogP contribution >= 0.6 is 0 Å². The Balaban J connectivity index is 1.91. The van der Waals surface area contributed by atoms with Crippen molar-refractivity contribution >= 4 is 5.97 Å². The molecule has 0 bridgehead atoms. The summed E-state index contributed by atoms with van der Waals surface area (Å²) in [6.45, 7) is 0. The van der Waals surface area contributed by atoms with Crippen LogP contribution in [0.5, 0.6) is 0 Å². The molecule has 92 valence electrons. The van der Waals surface area contributed by atoms with E-state index in [2.05, 4.69) is 5.10 Å². The summed E-state index contributed by atoms with van der Waals surface area (Å²) in [5, 5.41) is 13.5. The van der Waals surface area contributed by atoms with Crippen LogP contribution in [0.2, 0.25) is 0 Å². The number of hydrogen-bond donors (Lipinski definition) is 1. The summed E-state index contributed by atoms with van der Waals surface area (Å²) in [5.41, 5.74) is 2.02. The van der Waals surface area contributed by atoms with Crippen LogP contribution in [-0.4, -0.2) is 20.9 Å². The number of rotatable bonds is 4. The maximum Gasteiger partial charge on any atom is 0.328 e. The Labute approximate surface area is 105 Å². The highest BCUT2D eigenvalue weighted by atomic mass is 16.4. The quantitative estimate of drug-likeness (QED) is 0.896. The van der Waals surface area contributed by atoms with Gasteiger partial charge in [0.15, 0.2) is 6.04 Å². The minimum Gasteiger partial charge on any atom is -0.480 e. The summed E-state index contributed by atoms with van der Waals surface area (Å²) >= 11 is 0. The molecule has 1 N–H and O–H groups in total. The fraction of sp³-hybridized carbons (Fsp3) is 0.286. The van der Waals surface area contributed by atoms with Crippen molar-refractivity contribution in [3.8, 4) is 11.1 Å². The normalized spacial score (nSPS) is 16.4. The summed E-state index contributed by atoms with van der Waals surface area (Å²) in [6.07, 6.45) is 5.52. The highest BCUT2D eigenvalue weighted by Crippen LogP contribution is 2.40. The van der Waals surface area contributed by atoms with E-state index >= 15 is 0 Å². The second-order valence-corrected chi connectivity index (χ2v) is 4.70. The Hall–Kier alpha value is -2.10. The van der Waals surface area contributed by atoms with Crippen LogP contribution in [0.25, 0.3) is 11.1 Å².